The van der Waals surface area contributed by atoms with E-state index in [2.05, 4.69) is 11.8 Å². The average Bonchev–Trinajstić information content (AvgIpc) is 3.17. The molecular weight excluding hydrogens is 240 g/mol. The van der Waals surface area contributed by atoms with Crippen LogP contribution in [0.4, 0.5) is 0 Å². The Balaban J connectivity index is 2.08. The highest BCUT2D eigenvalue weighted by atomic mass is 16.2. The molecule has 1 aliphatic heterocycles. The molecule has 1 heterocycles. The minimum atomic E-state index is -0.476. The molecule has 19 heavy (non-hydrogen) atoms. The molecule has 2 amide bonds. The zero-order valence-electron chi connectivity index (χ0n) is 11.5. The number of nitrogens with two attached hydrogens (primary N) is 1. The van der Waals surface area contributed by atoms with E-state index in [9.17, 15) is 9.59 Å². The van der Waals surface area contributed by atoms with E-state index < -0.39 is 11.9 Å². The summed E-state index contributed by atoms with van der Waals surface area (Å²) in [7, 11) is 0. The molecule has 0 aromatic rings. The standard InChI is InChI=1S/C15H22N2O2/c1-2-13(15(16)19)17-10-12(4-3-5-14(17)18)9-8-11-6-7-11/h11-13H,2-7,10H2,1H3,(H2,16,19). The van der Waals surface area contributed by atoms with Gasteiger partial charge in [0.15, 0.2) is 0 Å². The van der Waals surface area contributed by atoms with Crippen LogP contribution in [-0.2, 0) is 9.59 Å². The predicted octanol–water partition coefficient (Wildman–Crippen LogP) is 1.29. The van der Waals surface area contributed by atoms with E-state index in [1.165, 1.54) is 12.8 Å². The van der Waals surface area contributed by atoms with E-state index in [0.717, 1.165) is 12.8 Å². The van der Waals surface area contributed by atoms with Crippen LogP contribution in [-0.4, -0.2) is 29.3 Å². The topological polar surface area (TPSA) is 63.4 Å². The van der Waals surface area contributed by atoms with Crippen LogP contribution < -0.4 is 5.73 Å². The number of carbonyl (C=O) groups excluding carboxylic acids is 2. The summed E-state index contributed by atoms with van der Waals surface area (Å²) in [5.74, 6) is 6.97. The molecule has 0 radical (unpaired) electrons. The van der Waals surface area contributed by atoms with Crippen molar-refractivity contribution in [2.24, 2.45) is 17.6 Å². The van der Waals surface area contributed by atoms with Gasteiger partial charge in [-0.05, 0) is 32.1 Å². The Morgan fingerprint density at radius 1 is 1.37 bits per heavy atom. The Morgan fingerprint density at radius 2 is 2.05 bits per heavy atom. The van der Waals surface area contributed by atoms with Crippen LogP contribution in [0.3, 0.4) is 0 Å². The largest absolute Gasteiger partial charge is 0.368 e. The first-order chi connectivity index (χ1) is 9.11. The van der Waals surface area contributed by atoms with Gasteiger partial charge in [0, 0.05) is 24.8 Å². The molecule has 4 heteroatoms. The number of rotatable bonds is 3. The molecule has 0 aromatic carbocycles. The van der Waals surface area contributed by atoms with Crippen molar-refractivity contribution < 1.29 is 9.59 Å². The molecule has 0 spiro atoms. The highest BCUT2D eigenvalue weighted by molar-refractivity contribution is 5.86. The Labute approximate surface area is 114 Å². The maximum Gasteiger partial charge on any atom is 0.240 e. The lowest BCUT2D eigenvalue weighted by atomic mass is 10.0. The van der Waals surface area contributed by atoms with Crippen LogP contribution in [0, 0.1) is 23.7 Å². The number of nitrogens with zero attached hydrogens (tertiary/aromatic N) is 1. The van der Waals surface area contributed by atoms with Gasteiger partial charge in [-0.3, -0.25) is 9.59 Å². The Kier molecular flexibility index (Phi) is 4.47. The lowest BCUT2D eigenvalue weighted by molar-refractivity contribution is -0.139. The molecule has 2 rings (SSSR count). The van der Waals surface area contributed by atoms with E-state index >= 15 is 0 Å². The van der Waals surface area contributed by atoms with Crippen molar-refractivity contribution in [3.8, 4) is 11.8 Å². The fourth-order valence-corrected chi connectivity index (χ4v) is 2.53. The van der Waals surface area contributed by atoms with Gasteiger partial charge in [0.1, 0.15) is 6.04 Å². The van der Waals surface area contributed by atoms with E-state index in [4.69, 9.17) is 5.73 Å². The van der Waals surface area contributed by atoms with Gasteiger partial charge in [0.05, 0.1) is 0 Å². The highest BCUT2D eigenvalue weighted by Gasteiger charge is 2.30. The SMILES string of the molecule is CCC(C(N)=O)N1CC(C#CC2CC2)CCCC1=O. The summed E-state index contributed by atoms with van der Waals surface area (Å²) in [6.45, 7) is 2.44. The van der Waals surface area contributed by atoms with Crippen molar-refractivity contribution in [2.75, 3.05) is 6.54 Å². The molecule has 1 aliphatic carbocycles. The van der Waals surface area contributed by atoms with Gasteiger partial charge in [-0.25, -0.2) is 0 Å². The van der Waals surface area contributed by atoms with Crippen molar-refractivity contribution >= 4 is 11.8 Å². The first-order valence-corrected chi connectivity index (χ1v) is 7.21. The van der Waals surface area contributed by atoms with Gasteiger partial charge in [-0.2, -0.15) is 0 Å². The molecular formula is C15H22N2O2. The molecule has 2 aliphatic rings. The molecule has 4 nitrogen and oxygen atoms in total. The van der Waals surface area contributed by atoms with Crippen molar-refractivity contribution in [2.45, 2.75) is 51.5 Å². The van der Waals surface area contributed by atoms with Crippen LogP contribution >= 0.6 is 0 Å². The molecule has 104 valence electrons. The second kappa shape index (κ2) is 6.10. The third-order valence-corrected chi connectivity index (χ3v) is 3.84. The summed E-state index contributed by atoms with van der Waals surface area (Å²) in [5, 5.41) is 0. The normalized spacial score (nSPS) is 25.2. The lowest BCUT2D eigenvalue weighted by Crippen LogP contribution is -2.48. The summed E-state index contributed by atoms with van der Waals surface area (Å²) >= 11 is 0. The van der Waals surface area contributed by atoms with Gasteiger partial charge in [-0.1, -0.05) is 18.8 Å². The maximum atomic E-state index is 12.1. The highest BCUT2D eigenvalue weighted by Crippen LogP contribution is 2.28. The fraction of sp³-hybridized carbons (Fsp3) is 0.733. The molecule has 2 unspecified atom stereocenters. The third kappa shape index (κ3) is 3.73. The Morgan fingerprint density at radius 3 is 2.63 bits per heavy atom. The zero-order chi connectivity index (χ0) is 13.8. The zero-order valence-corrected chi connectivity index (χ0v) is 11.5. The lowest BCUT2D eigenvalue weighted by Gasteiger charge is -2.29. The van der Waals surface area contributed by atoms with Crippen molar-refractivity contribution in [1.82, 2.24) is 4.90 Å². The Hall–Kier alpha value is -1.50. The van der Waals surface area contributed by atoms with Crippen molar-refractivity contribution in [3.63, 3.8) is 0 Å². The summed E-state index contributed by atoms with van der Waals surface area (Å²) in [4.78, 5) is 25.2. The van der Waals surface area contributed by atoms with Gasteiger partial charge < -0.3 is 10.6 Å². The maximum absolute atomic E-state index is 12.1. The quantitative estimate of drug-likeness (QED) is 0.779. The predicted molar refractivity (Wildman–Crippen MR) is 72.8 cm³/mol. The monoisotopic (exact) mass is 262 g/mol. The van der Waals surface area contributed by atoms with Gasteiger partial charge in [0.2, 0.25) is 11.8 Å². The number of hydrogen-bond donors (Lipinski definition) is 1. The van der Waals surface area contributed by atoms with E-state index in [0.29, 0.717) is 25.3 Å². The first kappa shape index (κ1) is 13.9. The van der Waals surface area contributed by atoms with Gasteiger partial charge in [-0.15, -0.1) is 0 Å². The van der Waals surface area contributed by atoms with E-state index in [1.54, 1.807) is 4.90 Å². The molecule has 2 fully saturated rings. The number of amides is 2. The molecule has 2 atom stereocenters. The fourth-order valence-electron chi connectivity index (χ4n) is 2.53. The summed E-state index contributed by atoms with van der Waals surface area (Å²) < 4.78 is 0. The van der Waals surface area contributed by atoms with Crippen LogP contribution in [0.5, 0.6) is 0 Å². The minimum absolute atomic E-state index is 0.0429. The first-order valence-electron chi connectivity index (χ1n) is 7.21. The van der Waals surface area contributed by atoms with Crippen LogP contribution in [0.2, 0.25) is 0 Å². The molecule has 1 saturated heterocycles. The molecule has 0 bridgehead atoms. The molecule has 2 N–H and O–H groups in total. The summed E-state index contributed by atoms with van der Waals surface area (Å²) in [5.41, 5.74) is 5.40. The Bertz CT molecular complexity index is 418. The van der Waals surface area contributed by atoms with Crippen LogP contribution in [0.1, 0.15) is 45.4 Å². The molecule has 0 aromatic heterocycles. The summed E-state index contributed by atoms with van der Waals surface area (Å²) in [6, 6.07) is -0.476. The van der Waals surface area contributed by atoms with Gasteiger partial charge in [0.25, 0.3) is 0 Å². The number of carbonyl (C=O) groups is 2. The minimum Gasteiger partial charge on any atom is -0.368 e. The number of hydrogen-bond acceptors (Lipinski definition) is 2. The second-order valence-electron chi connectivity index (χ2n) is 5.52. The smallest absolute Gasteiger partial charge is 0.240 e. The van der Waals surface area contributed by atoms with E-state index in [1.807, 2.05) is 6.92 Å². The van der Waals surface area contributed by atoms with E-state index in [-0.39, 0.29) is 11.8 Å². The van der Waals surface area contributed by atoms with Crippen LogP contribution in [0.15, 0.2) is 0 Å². The molecule has 1 saturated carbocycles. The number of likely N-dealkylation sites (tertiary alicyclic amines) is 1. The average molecular weight is 262 g/mol. The summed E-state index contributed by atoms with van der Waals surface area (Å²) in [6.07, 6.45) is 5.30. The third-order valence-electron chi connectivity index (χ3n) is 3.84. The van der Waals surface area contributed by atoms with Crippen molar-refractivity contribution in [1.29, 1.82) is 0 Å². The van der Waals surface area contributed by atoms with Crippen LogP contribution in [0.25, 0.3) is 0 Å². The second-order valence-corrected chi connectivity index (χ2v) is 5.52. The van der Waals surface area contributed by atoms with Gasteiger partial charge >= 0.3 is 0 Å². The van der Waals surface area contributed by atoms with Crippen molar-refractivity contribution in [3.05, 3.63) is 0 Å². The number of primary amides is 1.